The van der Waals surface area contributed by atoms with Crippen molar-refractivity contribution in [2.45, 2.75) is 0 Å². The van der Waals surface area contributed by atoms with Gasteiger partial charge in [0.15, 0.2) is 0 Å². The van der Waals surface area contributed by atoms with Gasteiger partial charge in [0.2, 0.25) is 0 Å². The largest absolute Gasteiger partial charge is 0.399 e. The molecule has 0 unspecified atom stereocenters. The maximum atomic E-state index is 13.0. The lowest BCUT2D eigenvalue weighted by Crippen LogP contribution is -2.14. The number of benzene rings is 2. The summed E-state index contributed by atoms with van der Waals surface area (Å²) in [5.74, 6) is -0.813. The fourth-order valence-electron chi connectivity index (χ4n) is 1.63. The van der Waals surface area contributed by atoms with Crippen molar-refractivity contribution < 1.29 is 9.18 Å². The molecule has 0 radical (unpaired) electrons. The number of anilines is 2. The number of nitrogens with one attached hydrogen (secondary N) is 1. The molecule has 2 rings (SSSR count). The van der Waals surface area contributed by atoms with Crippen LogP contribution in [0.15, 0.2) is 36.4 Å². The number of nitrogens with two attached hydrogens (primary N) is 1. The van der Waals surface area contributed by atoms with Crippen LogP contribution < -0.4 is 11.1 Å². The van der Waals surface area contributed by atoms with E-state index in [0.29, 0.717) is 20.5 Å². The van der Waals surface area contributed by atoms with Crippen molar-refractivity contribution in [2.24, 2.45) is 0 Å². The molecule has 20 heavy (non-hydrogen) atoms. The highest BCUT2D eigenvalue weighted by atomic mass is 127. The molecule has 0 saturated carbocycles. The quantitative estimate of drug-likeness (QED) is 0.620. The van der Waals surface area contributed by atoms with Crippen LogP contribution in [-0.4, -0.2) is 5.91 Å². The third-order valence-corrected chi connectivity index (χ3v) is 3.48. The topological polar surface area (TPSA) is 78.9 Å². The van der Waals surface area contributed by atoms with Crippen molar-refractivity contribution in [3.63, 3.8) is 0 Å². The van der Waals surface area contributed by atoms with Crippen LogP contribution in [0.1, 0.15) is 15.9 Å². The molecule has 0 spiro atoms. The van der Waals surface area contributed by atoms with Gasteiger partial charge in [-0.2, -0.15) is 5.26 Å². The summed E-state index contributed by atoms with van der Waals surface area (Å²) >= 11 is 1.88. The number of hydrogen-bond donors (Lipinski definition) is 2. The Labute approximate surface area is 128 Å². The fraction of sp³-hybridized carbons (Fsp3) is 0. The lowest BCUT2D eigenvalue weighted by molar-refractivity contribution is 0.102. The molecule has 100 valence electrons. The van der Waals surface area contributed by atoms with E-state index in [-0.39, 0.29) is 5.56 Å². The summed E-state index contributed by atoms with van der Waals surface area (Å²) in [6.07, 6.45) is 0. The summed E-state index contributed by atoms with van der Waals surface area (Å²) in [4.78, 5) is 12.1. The molecule has 4 nitrogen and oxygen atoms in total. The van der Waals surface area contributed by atoms with Gasteiger partial charge in [-0.3, -0.25) is 4.79 Å². The third kappa shape index (κ3) is 3.05. The molecule has 3 N–H and O–H groups in total. The average Bonchev–Trinajstić information content (AvgIpc) is 2.40. The molecule has 0 fully saturated rings. The summed E-state index contributed by atoms with van der Waals surface area (Å²) in [5, 5.41) is 11.6. The first-order valence-corrected chi connectivity index (χ1v) is 6.65. The number of nitrogens with zero attached hydrogens (tertiary/aromatic N) is 1. The van der Waals surface area contributed by atoms with Crippen LogP contribution in [0, 0.1) is 20.7 Å². The molecule has 0 aliphatic carbocycles. The minimum absolute atomic E-state index is 0.274. The Hall–Kier alpha value is -2.14. The molecular formula is C14H9FIN3O. The van der Waals surface area contributed by atoms with Crippen LogP contribution in [-0.2, 0) is 0 Å². The standard InChI is InChI=1S/C14H9FIN3O/c15-9-1-3-11(12(16)6-9)14(20)19-13-4-2-10(18)5-8(13)7-17/h1-6H,18H2,(H,19,20). The van der Waals surface area contributed by atoms with Gasteiger partial charge in [-0.1, -0.05) is 0 Å². The number of halogens is 2. The number of amides is 1. The molecule has 2 aromatic rings. The first-order chi connectivity index (χ1) is 9.51. The Balaban J connectivity index is 2.31. The van der Waals surface area contributed by atoms with Crippen LogP contribution >= 0.6 is 22.6 Å². The Morgan fingerprint density at radius 3 is 2.70 bits per heavy atom. The minimum Gasteiger partial charge on any atom is -0.399 e. The van der Waals surface area contributed by atoms with Crippen molar-refractivity contribution in [2.75, 3.05) is 11.1 Å². The first kappa shape index (κ1) is 14.3. The van der Waals surface area contributed by atoms with Gasteiger partial charge in [-0.05, 0) is 59.0 Å². The van der Waals surface area contributed by atoms with Crippen molar-refractivity contribution in [3.8, 4) is 6.07 Å². The van der Waals surface area contributed by atoms with Gasteiger partial charge in [-0.15, -0.1) is 0 Å². The van der Waals surface area contributed by atoms with E-state index in [4.69, 9.17) is 11.0 Å². The molecule has 0 aromatic heterocycles. The fourth-order valence-corrected chi connectivity index (χ4v) is 2.35. The summed E-state index contributed by atoms with van der Waals surface area (Å²) in [5.41, 5.74) is 7.00. The number of nitriles is 1. The summed E-state index contributed by atoms with van der Waals surface area (Å²) in [7, 11) is 0. The maximum absolute atomic E-state index is 13.0. The minimum atomic E-state index is -0.407. The monoisotopic (exact) mass is 381 g/mol. The molecule has 0 aliphatic heterocycles. The van der Waals surface area contributed by atoms with Crippen molar-refractivity contribution in [1.82, 2.24) is 0 Å². The lowest BCUT2D eigenvalue weighted by Gasteiger charge is -2.09. The summed E-state index contributed by atoms with van der Waals surface area (Å²) < 4.78 is 13.5. The predicted molar refractivity (Wildman–Crippen MR) is 82.6 cm³/mol. The van der Waals surface area contributed by atoms with E-state index in [1.807, 2.05) is 28.7 Å². The Morgan fingerprint density at radius 1 is 1.30 bits per heavy atom. The number of rotatable bonds is 2. The molecule has 1 amide bonds. The van der Waals surface area contributed by atoms with Crippen LogP contribution in [0.25, 0.3) is 0 Å². The van der Waals surface area contributed by atoms with E-state index in [9.17, 15) is 9.18 Å². The highest BCUT2D eigenvalue weighted by Crippen LogP contribution is 2.20. The Bertz CT molecular complexity index is 725. The maximum Gasteiger partial charge on any atom is 0.256 e. The van der Waals surface area contributed by atoms with Crippen LogP contribution in [0.5, 0.6) is 0 Å². The van der Waals surface area contributed by atoms with Crippen molar-refractivity contribution in [1.29, 1.82) is 5.26 Å². The Morgan fingerprint density at radius 2 is 2.05 bits per heavy atom. The zero-order valence-electron chi connectivity index (χ0n) is 10.2. The second kappa shape index (κ2) is 5.88. The number of nitrogen functional groups attached to an aromatic ring is 1. The lowest BCUT2D eigenvalue weighted by atomic mass is 10.1. The van der Waals surface area contributed by atoms with Crippen molar-refractivity contribution in [3.05, 3.63) is 56.9 Å². The van der Waals surface area contributed by atoms with Crippen LogP contribution in [0.3, 0.4) is 0 Å². The number of carbonyl (C=O) groups is 1. The van der Waals surface area contributed by atoms with E-state index >= 15 is 0 Å². The molecular weight excluding hydrogens is 372 g/mol. The van der Waals surface area contributed by atoms with Gasteiger partial charge >= 0.3 is 0 Å². The van der Waals surface area contributed by atoms with Gasteiger partial charge in [0.05, 0.1) is 16.8 Å². The second-order valence-corrected chi connectivity index (χ2v) is 5.16. The third-order valence-electron chi connectivity index (χ3n) is 2.59. The van der Waals surface area contributed by atoms with Gasteiger partial charge < -0.3 is 11.1 Å². The van der Waals surface area contributed by atoms with E-state index in [1.54, 1.807) is 12.1 Å². The highest BCUT2D eigenvalue weighted by molar-refractivity contribution is 14.1. The SMILES string of the molecule is N#Cc1cc(N)ccc1NC(=O)c1ccc(F)cc1I. The normalized spacial score (nSPS) is 9.85. The molecule has 0 bridgehead atoms. The zero-order valence-corrected chi connectivity index (χ0v) is 12.3. The molecule has 2 aromatic carbocycles. The predicted octanol–water partition coefficient (Wildman–Crippen LogP) is 3.14. The van der Waals surface area contributed by atoms with Gasteiger partial charge in [0.25, 0.3) is 5.91 Å². The highest BCUT2D eigenvalue weighted by Gasteiger charge is 2.13. The molecule has 6 heteroatoms. The summed E-state index contributed by atoms with van der Waals surface area (Å²) in [6.45, 7) is 0. The summed E-state index contributed by atoms with van der Waals surface area (Å²) in [6, 6.07) is 10.5. The molecule has 0 heterocycles. The van der Waals surface area contributed by atoms with Crippen LogP contribution in [0.2, 0.25) is 0 Å². The first-order valence-electron chi connectivity index (χ1n) is 5.57. The van der Waals surface area contributed by atoms with E-state index in [1.165, 1.54) is 24.3 Å². The smallest absolute Gasteiger partial charge is 0.256 e. The second-order valence-electron chi connectivity index (χ2n) is 4.00. The van der Waals surface area contributed by atoms with Gasteiger partial charge in [0.1, 0.15) is 11.9 Å². The number of hydrogen-bond acceptors (Lipinski definition) is 3. The average molecular weight is 381 g/mol. The van der Waals surface area contributed by atoms with Crippen LogP contribution in [0.4, 0.5) is 15.8 Å². The Kier molecular flexibility index (Phi) is 4.20. The zero-order chi connectivity index (χ0) is 14.7. The molecule has 0 aliphatic rings. The van der Waals surface area contributed by atoms with Gasteiger partial charge in [-0.25, -0.2) is 4.39 Å². The van der Waals surface area contributed by atoms with E-state index < -0.39 is 11.7 Å². The van der Waals surface area contributed by atoms with E-state index in [0.717, 1.165) is 0 Å². The number of carbonyl (C=O) groups excluding carboxylic acids is 1. The van der Waals surface area contributed by atoms with E-state index in [2.05, 4.69) is 5.32 Å². The van der Waals surface area contributed by atoms with Crippen molar-refractivity contribution >= 4 is 39.9 Å². The van der Waals surface area contributed by atoms with Gasteiger partial charge in [0, 0.05) is 9.26 Å². The molecule has 0 atom stereocenters. The molecule has 0 saturated heterocycles.